The Labute approximate surface area is 117 Å². The number of carboxylic acids is 2. The molecule has 0 aromatic heterocycles. The molecule has 1 aromatic rings. The molecule has 2 N–H and O–H groups in total. The van der Waals surface area contributed by atoms with E-state index in [0.717, 1.165) is 25.7 Å². The highest BCUT2D eigenvalue weighted by Gasteiger charge is 2.45. The first-order chi connectivity index (χ1) is 9.51. The number of carbonyl (C=O) groups is 2. The largest absolute Gasteiger partial charge is 0.478 e. The van der Waals surface area contributed by atoms with Crippen molar-refractivity contribution < 1.29 is 19.8 Å². The fourth-order valence-corrected chi connectivity index (χ4v) is 3.45. The molecular formula is C16H18O4. The maximum absolute atomic E-state index is 11.3. The molecule has 0 heterocycles. The van der Waals surface area contributed by atoms with Gasteiger partial charge in [-0.25, -0.2) is 9.59 Å². The van der Waals surface area contributed by atoms with Crippen LogP contribution in [0.5, 0.6) is 0 Å². The van der Waals surface area contributed by atoms with Gasteiger partial charge in [-0.3, -0.25) is 0 Å². The number of rotatable bonds is 3. The van der Waals surface area contributed by atoms with Crippen LogP contribution in [0.25, 0.3) is 0 Å². The summed E-state index contributed by atoms with van der Waals surface area (Å²) < 4.78 is 0. The monoisotopic (exact) mass is 274 g/mol. The smallest absolute Gasteiger partial charge is 0.335 e. The van der Waals surface area contributed by atoms with E-state index in [1.807, 2.05) is 0 Å². The van der Waals surface area contributed by atoms with Gasteiger partial charge in [-0.2, -0.15) is 0 Å². The standard InChI is InChI=1S/C16H18O4/c17-14(18)11-1-2-12(15(19)20)13(9-11)10-3-5-16(6-4-10)7-8-16/h1-2,9-10H,3-8H2,(H,17,18)(H,19,20). The molecule has 0 bridgehead atoms. The van der Waals surface area contributed by atoms with E-state index in [1.54, 1.807) is 6.07 Å². The van der Waals surface area contributed by atoms with Gasteiger partial charge in [-0.05, 0) is 73.6 Å². The van der Waals surface area contributed by atoms with E-state index in [9.17, 15) is 14.7 Å². The first-order valence-electron chi connectivity index (χ1n) is 7.11. The molecular weight excluding hydrogens is 256 g/mol. The van der Waals surface area contributed by atoms with Crippen LogP contribution in [0, 0.1) is 5.41 Å². The van der Waals surface area contributed by atoms with Gasteiger partial charge in [0.25, 0.3) is 0 Å². The molecule has 2 aliphatic carbocycles. The van der Waals surface area contributed by atoms with Crippen molar-refractivity contribution in [3.8, 4) is 0 Å². The molecule has 1 aromatic carbocycles. The molecule has 20 heavy (non-hydrogen) atoms. The Balaban J connectivity index is 1.91. The van der Waals surface area contributed by atoms with Crippen molar-refractivity contribution in [1.82, 2.24) is 0 Å². The second kappa shape index (κ2) is 4.62. The molecule has 0 radical (unpaired) electrons. The number of hydrogen-bond acceptors (Lipinski definition) is 2. The van der Waals surface area contributed by atoms with Gasteiger partial charge < -0.3 is 10.2 Å². The van der Waals surface area contributed by atoms with Gasteiger partial charge in [0.2, 0.25) is 0 Å². The van der Waals surface area contributed by atoms with E-state index in [4.69, 9.17) is 5.11 Å². The Morgan fingerprint density at radius 1 is 1.00 bits per heavy atom. The first kappa shape index (κ1) is 13.2. The van der Waals surface area contributed by atoms with Crippen LogP contribution >= 0.6 is 0 Å². The quantitative estimate of drug-likeness (QED) is 0.884. The molecule has 0 unspecified atom stereocenters. The predicted octanol–water partition coefficient (Wildman–Crippen LogP) is 3.52. The zero-order chi connectivity index (χ0) is 14.3. The minimum absolute atomic E-state index is 0.178. The van der Waals surface area contributed by atoms with Crippen LogP contribution in [0.4, 0.5) is 0 Å². The van der Waals surface area contributed by atoms with Crippen LogP contribution in [0.3, 0.4) is 0 Å². The summed E-state index contributed by atoms with van der Waals surface area (Å²) in [7, 11) is 0. The molecule has 2 saturated carbocycles. The van der Waals surface area contributed by atoms with Crippen molar-refractivity contribution in [1.29, 1.82) is 0 Å². The molecule has 3 rings (SSSR count). The lowest BCUT2D eigenvalue weighted by Gasteiger charge is -2.29. The molecule has 4 heteroatoms. The van der Waals surface area contributed by atoms with Crippen LogP contribution in [-0.4, -0.2) is 22.2 Å². The van der Waals surface area contributed by atoms with Crippen molar-refractivity contribution in [3.05, 3.63) is 34.9 Å². The lowest BCUT2D eigenvalue weighted by Crippen LogP contribution is -2.17. The van der Waals surface area contributed by atoms with Crippen LogP contribution in [-0.2, 0) is 0 Å². The van der Waals surface area contributed by atoms with Crippen LogP contribution in [0.1, 0.15) is 70.7 Å². The highest BCUT2D eigenvalue weighted by Crippen LogP contribution is 2.58. The Hall–Kier alpha value is -1.84. The Kier molecular flexibility index (Phi) is 3.04. The summed E-state index contributed by atoms with van der Waals surface area (Å²) in [6.07, 6.45) is 6.86. The van der Waals surface area contributed by atoms with Gasteiger partial charge in [0, 0.05) is 0 Å². The maximum Gasteiger partial charge on any atom is 0.335 e. The van der Waals surface area contributed by atoms with Gasteiger partial charge in [0.1, 0.15) is 0 Å². The number of carboxylic acid groups (broad SMARTS) is 2. The summed E-state index contributed by atoms with van der Waals surface area (Å²) in [5.74, 6) is -1.78. The van der Waals surface area contributed by atoms with Gasteiger partial charge >= 0.3 is 11.9 Å². The third kappa shape index (κ3) is 2.30. The summed E-state index contributed by atoms with van der Waals surface area (Å²) in [4.78, 5) is 22.4. The lowest BCUT2D eigenvalue weighted by atomic mass is 9.75. The second-order valence-corrected chi connectivity index (χ2v) is 6.19. The molecule has 1 spiro atoms. The van der Waals surface area contributed by atoms with Crippen LogP contribution < -0.4 is 0 Å². The predicted molar refractivity (Wildman–Crippen MR) is 73.2 cm³/mol. The summed E-state index contributed by atoms with van der Waals surface area (Å²) in [6.45, 7) is 0. The van der Waals surface area contributed by atoms with E-state index in [2.05, 4.69) is 0 Å². The second-order valence-electron chi connectivity index (χ2n) is 6.19. The fourth-order valence-electron chi connectivity index (χ4n) is 3.45. The van der Waals surface area contributed by atoms with E-state index >= 15 is 0 Å². The normalized spacial score (nSPS) is 20.8. The van der Waals surface area contributed by atoms with E-state index in [0.29, 0.717) is 11.0 Å². The molecule has 106 valence electrons. The number of aromatic carboxylic acids is 2. The van der Waals surface area contributed by atoms with Crippen LogP contribution in [0.2, 0.25) is 0 Å². The Bertz CT molecular complexity index is 562. The third-order valence-corrected chi connectivity index (χ3v) is 4.97. The molecule has 0 atom stereocenters. The van der Waals surface area contributed by atoms with Gasteiger partial charge in [-0.1, -0.05) is 0 Å². The minimum atomic E-state index is -1.00. The molecule has 0 aliphatic heterocycles. The van der Waals surface area contributed by atoms with Crippen molar-refractivity contribution in [3.63, 3.8) is 0 Å². The summed E-state index contributed by atoms with van der Waals surface area (Å²) in [5.41, 5.74) is 1.68. The minimum Gasteiger partial charge on any atom is -0.478 e. The molecule has 0 amide bonds. The average molecular weight is 274 g/mol. The summed E-state index contributed by atoms with van der Waals surface area (Å²) in [5, 5.41) is 18.4. The van der Waals surface area contributed by atoms with Crippen molar-refractivity contribution in [2.75, 3.05) is 0 Å². The van der Waals surface area contributed by atoms with E-state index < -0.39 is 11.9 Å². The zero-order valence-corrected chi connectivity index (χ0v) is 11.3. The Morgan fingerprint density at radius 3 is 2.15 bits per heavy atom. The van der Waals surface area contributed by atoms with Gasteiger partial charge in [0.15, 0.2) is 0 Å². The maximum atomic E-state index is 11.3. The van der Waals surface area contributed by atoms with Crippen molar-refractivity contribution in [2.45, 2.75) is 44.4 Å². The molecule has 2 fully saturated rings. The molecule has 2 aliphatic rings. The van der Waals surface area contributed by atoms with E-state index in [-0.39, 0.29) is 17.0 Å². The Morgan fingerprint density at radius 2 is 1.65 bits per heavy atom. The molecule has 0 saturated heterocycles. The summed E-state index contributed by atoms with van der Waals surface area (Å²) in [6, 6.07) is 4.37. The topological polar surface area (TPSA) is 74.6 Å². The highest BCUT2D eigenvalue weighted by atomic mass is 16.4. The van der Waals surface area contributed by atoms with Crippen LogP contribution in [0.15, 0.2) is 18.2 Å². The van der Waals surface area contributed by atoms with Gasteiger partial charge in [-0.15, -0.1) is 0 Å². The van der Waals surface area contributed by atoms with Crippen molar-refractivity contribution >= 4 is 11.9 Å². The van der Waals surface area contributed by atoms with E-state index in [1.165, 1.54) is 25.0 Å². The average Bonchev–Trinajstić information content (AvgIpc) is 3.18. The first-order valence-corrected chi connectivity index (χ1v) is 7.11. The van der Waals surface area contributed by atoms with Gasteiger partial charge in [0.05, 0.1) is 11.1 Å². The highest BCUT2D eigenvalue weighted by molar-refractivity contribution is 5.93. The van der Waals surface area contributed by atoms with Crippen molar-refractivity contribution in [2.24, 2.45) is 5.41 Å². The zero-order valence-electron chi connectivity index (χ0n) is 11.3. The third-order valence-electron chi connectivity index (χ3n) is 4.97. The SMILES string of the molecule is O=C(O)c1ccc(C(=O)O)c(C2CCC3(CC2)CC3)c1. The molecule has 4 nitrogen and oxygen atoms in total. The summed E-state index contributed by atoms with van der Waals surface area (Å²) >= 11 is 0. The lowest BCUT2D eigenvalue weighted by molar-refractivity contribution is 0.0679. The number of benzene rings is 1. The fraction of sp³-hybridized carbons (Fsp3) is 0.500. The number of hydrogen-bond donors (Lipinski definition) is 2.